The van der Waals surface area contributed by atoms with E-state index in [1.54, 1.807) is 31.4 Å². The SMILES string of the molecule is COc1ccc(C2OC[C@H]3O[C@H](OCc4ccccc4)[C@H](NC(C)=O)[C@@H](O[C@@H]4O[C@H](COC(C)=O)[C@H](OC(C)=O)[C@H](OC(C)=O)[C@H]4OC(C)=O)[C@H]3O2)cc1. The molecule has 5 rings (SSSR count). The summed E-state index contributed by atoms with van der Waals surface area (Å²) in [7, 11) is 1.54. The summed E-state index contributed by atoms with van der Waals surface area (Å²) in [5.74, 6) is -2.95. The number of rotatable bonds is 13. The van der Waals surface area contributed by atoms with Gasteiger partial charge in [-0.2, -0.15) is 0 Å². The van der Waals surface area contributed by atoms with E-state index < -0.39 is 104 Å². The van der Waals surface area contributed by atoms with Gasteiger partial charge in [0.2, 0.25) is 5.91 Å². The highest BCUT2D eigenvalue weighted by atomic mass is 16.8. The quantitative estimate of drug-likeness (QED) is 0.230. The third-order valence-corrected chi connectivity index (χ3v) is 8.59. The number of carbonyl (C=O) groups excluding carboxylic acids is 5. The lowest BCUT2D eigenvalue weighted by Crippen LogP contribution is -2.70. The summed E-state index contributed by atoms with van der Waals surface area (Å²) in [5, 5.41) is 2.86. The number of methoxy groups -OCH3 is 1. The van der Waals surface area contributed by atoms with Crippen LogP contribution in [0.15, 0.2) is 54.6 Å². The fraction of sp³-hybridized carbons (Fsp3) is 0.541. The summed E-state index contributed by atoms with van der Waals surface area (Å²) >= 11 is 0. The molecular weight excluding hydrogens is 714 g/mol. The van der Waals surface area contributed by atoms with Crippen molar-refractivity contribution in [3.05, 3.63) is 65.7 Å². The number of nitrogens with one attached hydrogen (secondary N) is 1. The molecule has 17 heteroatoms. The van der Waals surface area contributed by atoms with Crippen LogP contribution in [0.2, 0.25) is 0 Å². The molecule has 0 aromatic heterocycles. The lowest BCUT2D eigenvalue weighted by molar-refractivity contribution is -0.379. The second-order valence-electron chi connectivity index (χ2n) is 12.8. The molecule has 0 aliphatic carbocycles. The van der Waals surface area contributed by atoms with Gasteiger partial charge in [0, 0.05) is 40.2 Å². The summed E-state index contributed by atoms with van der Waals surface area (Å²) in [5.41, 5.74) is 1.45. The summed E-state index contributed by atoms with van der Waals surface area (Å²) in [6, 6.07) is 15.2. The lowest BCUT2D eigenvalue weighted by Gasteiger charge is -2.51. The number of esters is 4. The summed E-state index contributed by atoms with van der Waals surface area (Å²) < 4.78 is 65.4. The largest absolute Gasteiger partial charge is 0.497 e. The van der Waals surface area contributed by atoms with Gasteiger partial charge in [0.05, 0.1) is 20.3 Å². The van der Waals surface area contributed by atoms with Gasteiger partial charge in [-0.25, -0.2) is 0 Å². The zero-order valence-corrected chi connectivity index (χ0v) is 30.7. The van der Waals surface area contributed by atoms with Crippen LogP contribution in [-0.2, 0) is 77.9 Å². The first-order chi connectivity index (χ1) is 25.8. The molecule has 1 unspecified atom stereocenters. The second-order valence-corrected chi connectivity index (χ2v) is 12.8. The maximum absolute atomic E-state index is 12.8. The molecular formula is C37H45NO16. The van der Waals surface area contributed by atoms with Crippen molar-refractivity contribution in [2.75, 3.05) is 20.3 Å². The van der Waals surface area contributed by atoms with Gasteiger partial charge in [0.1, 0.15) is 42.8 Å². The first-order valence-corrected chi connectivity index (χ1v) is 17.3. The van der Waals surface area contributed by atoms with Gasteiger partial charge in [-0.1, -0.05) is 42.5 Å². The molecule has 3 aliphatic rings. The monoisotopic (exact) mass is 759 g/mol. The molecule has 17 nitrogen and oxygen atoms in total. The Morgan fingerprint density at radius 1 is 0.722 bits per heavy atom. The van der Waals surface area contributed by atoms with Crippen molar-refractivity contribution in [1.82, 2.24) is 5.32 Å². The minimum atomic E-state index is -1.61. The van der Waals surface area contributed by atoms with E-state index in [9.17, 15) is 24.0 Å². The molecule has 1 N–H and O–H groups in total. The molecule has 1 amide bonds. The van der Waals surface area contributed by atoms with Crippen LogP contribution in [0.25, 0.3) is 0 Å². The van der Waals surface area contributed by atoms with Crippen molar-refractivity contribution in [2.45, 2.75) is 109 Å². The molecule has 294 valence electrons. The Kier molecular flexibility index (Phi) is 14.0. The number of amides is 1. The van der Waals surface area contributed by atoms with Gasteiger partial charge in [-0.05, 0) is 17.7 Å². The first kappa shape index (κ1) is 40.5. The van der Waals surface area contributed by atoms with Crippen LogP contribution in [0.1, 0.15) is 52.0 Å². The number of fused-ring (bicyclic) bond motifs is 1. The number of ether oxygens (including phenoxy) is 11. The first-order valence-electron chi connectivity index (χ1n) is 17.3. The smallest absolute Gasteiger partial charge is 0.303 e. The van der Waals surface area contributed by atoms with Crippen LogP contribution in [0.5, 0.6) is 5.75 Å². The molecule has 0 saturated carbocycles. The molecule has 3 heterocycles. The highest BCUT2D eigenvalue weighted by Crippen LogP contribution is 2.39. The van der Waals surface area contributed by atoms with Crippen molar-refractivity contribution in [1.29, 1.82) is 0 Å². The maximum atomic E-state index is 12.8. The van der Waals surface area contributed by atoms with Gasteiger partial charge in [-0.3, -0.25) is 24.0 Å². The zero-order valence-electron chi connectivity index (χ0n) is 30.7. The van der Waals surface area contributed by atoms with Gasteiger partial charge >= 0.3 is 23.9 Å². The van der Waals surface area contributed by atoms with E-state index in [0.717, 1.165) is 26.3 Å². The Labute approximate surface area is 311 Å². The predicted octanol–water partition coefficient (Wildman–Crippen LogP) is 2.02. The number of hydrogen-bond acceptors (Lipinski definition) is 16. The molecule has 0 bridgehead atoms. The standard InChI is InChI=1S/C37H45NO16/c1-19(39)38-29-32(54-37-34(50-23(5)43)33(49-22(4)42)31(48-21(3)41)27(52-37)17-45-20(2)40)30-28(51-36(29)46-16-24-10-8-7-9-11-24)18-47-35(53-30)25-12-14-26(44-6)15-13-25/h7-15,27-37H,16-18H2,1-6H3,(H,38,39)/t27-,28-,29-,30+,31+,32-,33+,34-,35?,36+,37+/m1/s1. The Morgan fingerprint density at radius 3 is 1.98 bits per heavy atom. The third-order valence-electron chi connectivity index (χ3n) is 8.59. The van der Waals surface area contributed by atoms with Crippen molar-refractivity contribution < 1.29 is 76.1 Å². The van der Waals surface area contributed by atoms with Crippen LogP contribution < -0.4 is 10.1 Å². The fourth-order valence-electron chi connectivity index (χ4n) is 6.40. The third kappa shape index (κ3) is 10.5. The van der Waals surface area contributed by atoms with Crippen LogP contribution in [0.3, 0.4) is 0 Å². The van der Waals surface area contributed by atoms with Crippen molar-refractivity contribution in [3.63, 3.8) is 0 Å². The second kappa shape index (κ2) is 18.6. The predicted molar refractivity (Wildman–Crippen MR) is 181 cm³/mol. The van der Waals surface area contributed by atoms with Crippen molar-refractivity contribution in [3.8, 4) is 5.75 Å². The average molecular weight is 760 g/mol. The molecule has 2 aromatic carbocycles. The molecule has 2 aromatic rings. The fourth-order valence-corrected chi connectivity index (χ4v) is 6.40. The van der Waals surface area contributed by atoms with Gasteiger partial charge in [0.15, 0.2) is 37.2 Å². The Bertz CT molecular complexity index is 1600. The molecule has 0 spiro atoms. The Morgan fingerprint density at radius 2 is 1.37 bits per heavy atom. The highest BCUT2D eigenvalue weighted by molar-refractivity contribution is 5.73. The van der Waals surface area contributed by atoms with Crippen molar-refractivity contribution >= 4 is 29.8 Å². The van der Waals surface area contributed by atoms with Gasteiger partial charge in [0.25, 0.3) is 0 Å². The van der Waals surface area contributed by atoms with Crippen LogP contribution >= 0.6 is 0 Å². The Balaban J connectivity index is 1.55. The van der Waals surface area contributed by atoms with Gasteiger partial charge < -0.3 is 57.4 Å². The molecule has 54 heavy (non-hydrogen) atoms. The number of carbonyl (C=O) groups is 5. The summed E-state index contributed by atoms with van der Waals surface area (Å²) in [6.45, 7) is 5.43. The van der Waals surface area contributed by atoms with Crippen LogP contribution in [0.4, 0.5) is 0 Å². The lowest BCUT2D eigenvalue weighted by atomic mass is 9.94. The van der Waals surface area contributed by atoms with E-state index in [1.165, 1.54) is 13.8 Å². The summed E-state index contributed by atoms with van der Waals surface area (Å²) in [6.07, 6.45) is -12.5. The van der Waals surface area contributed by atoms with E-state index in [0.29, 0.717) is 11.3 Å². The molecule has 3 fully saturated rings. The van der Waals surface area contributed by atoms with Gasteiger partial charge in [-0.15, -0.1) is 0 Å². The molecule has 0 radical (unpaired) electrons. The topological polar surface area (TPSA) is 199 Å². The zero-order chi connectivity index (χ0) is 38.9. The van der Waals surface area contributed by atoms with Crippen molar-refractivity contribution in [2.24, 2.45) is 0 Å². The number of benzene rings is 2. The minimum Gasteiger partial charge on any atom is -0.497 e. The highest BCUT2D eigenvalue weighted by Gasteiger charge is 2.57. The van der Waals surface area contributed by atoms with Crippen LogP contribution in [-0.4, -0.2) is 111 Å². The maximum Gasteiger partial charge on any atom is 0.303 e. The normalized spacial score (nSPS) is 30.5. The minimum absolute atomic E-state index is 0.00220. The summed E-state index contributed by atoms with van der Waals surface area (Å²) in [4.78, 5) is 62.0. The average Bonchev–Trinajstić information content (AvgIpc) is 3.12. The molecule has 3 saturated heterocycles. The molecule has 11 atom stereocenters. The van der Waals surface area contributed by atoms with E-state index in [2.05, 4.69) is 5.32 Å². The van der Waals surface area contributed by atoms with E-state index in [-0.39, 0.29) is 13.2 Å². The van der Waals surface area contributed by atoms with E-state index in [4.69, 9.17) is 52.1 Å². The van der Waals surface area contributed by atoms with E-state index >= 15 is 0 Å². The number of hydrogen-bond donors (Lipinski definition) is 1. The van der Waals surface area contributed by atoms with E-state index in [1.807, 2.05) is 30.3 Å². The molecule has 3 aliphatic heterocycles. The Hall–Kier alpha value is -4.65. The van der Waals surface area contributed by atoms with Crippen LogP contribution in [0, 0.1) is 0 Å².